The second kappa shape index (κ2) is 7.97. The third-order valence-corrected chi connectivity index (χ3v) is 7.64. The lowest BCUT2D eigenvalue weighted by Gasteiger charge is -2.36. The molecule has 0 spiro atoms. The van der Waals surface area contributed by atoms with Gasteiger partial charge >= 0.3 is 0 Å². The highest BCUT2D eigenvalue weighted by atomic mass is 35.5. The fraction of sp³-hybridized carbons (Fsp3) is 0.381. The van der Waals surface area contributed by atoms with Crippen molar-refractivity contribution in [1.29, 1.82) is 0 Å². The van der Waals surface area contributed by atoms with E-state index in [-0.39, 0.29) is 29.8 Å². The fourth-order valence-corrected chi connectivity index (χ4v) is 5.40. The van der Waals surface area contributed by atoms with Crippen molar-refractivity contribution in [2.75, 3.05) is 32.8 Å². The second-order valence-corrected chi connectivity index (χ2v) is 9.88. The number of benzene rings is 2. The number of rotatable bonds is 3. The van der Waals surface area contributed by atoms with Crippen molar-refractivity contribution >= 4 is 27.5 Å². The molecule has 0 bridgehead atoms. The van der Waals surface area contributed by atoms with Crippen LogP contribution in [-0.4, -0.2) is 56.3 Å². The molecule has 4 rings (SSSR count). The molecule has 6 nitrogen and oxygen atoms in total. The van der Waals surface area contributed by atoms with Gasteiger partial charge in [0, 0.05) is 31.2 Å². The summed E-state index contributed by atoms with van der Waals surface area (Å²) in [6.07, 6.45) is 0.580. The second-order valence-electron chi connectivity index (χ2n) is 7.51. The van der Waals surface area contributed by atoms with Gasteiger partial charge in [0.1, 0.15) is 12.4 Å². The summed E-state index contributed by atoms with van der Waals surface area (Å²) in [4.78, 5) is 15.0. The smallest absolute Gasteiger partial charge is 0.243 e. The lowest BCUT2D eigenvalue weighted by atomic mass is 9.95. The summed E-state index contributed by atoms with van der Waals surface area (Å²) >= 11 is 6.06. The number of halogens is 1. The van der Waals surface area contributed by atoms with Gasteiger partial charge in [-0.2, -0.15) is 4.31 Å². The monoisotopic (exact) mass is 434 g/mol. The van der Waals surface area contributed by atoms with Crippen LogP contribution in [0.1, 0.15) is 11.1 Å². The van der Waals surface area contributed by atoms with Gasteiger partial charge in [-0.05, 0) is 49.2 Å². The maximum atomic E-state index is 13.0. The number of nitrogens with zero attached hydrogens (tertiary/aromatic N) is 2. The van der Waals surface area contributed by atoms with Crippen molar-refractivity contribution in [2.24, 2.45) is 5.92 Å². The Labute approximate surface area is 176 Å². The third-order valence-electron chi connectivity index (χ3n) is 5.49. The van der Waals surface area contributed by atoms with Crippen molar-refractivity contribution in [2.45, 2.75) is 18.2 Å². The maximum Gasteiger partial charge on any atom is 0.243 e. The molecule has 1 fully saturated rings. The van der Waals surface area contributed by atoms with Crippen molar-refractivity contribution in [3.8, 4) is 5.75 Å². The molecule has 0 N–H and O–H groups in total. The number of amides is 1. The van der Waals surface area contributed by atoms with Crippen LogP contribution in [0.4, 0.5) is 0 Å². The molecule has 0 aromatic heterocycles. The first kappa shape index (κ1) is 20.2. The molecular formula is C21H23ClN2O4S. The molecule has 2 aliphatic rings. The molecule has 1 amide bonds. The Morgan fingerprint density at radius 1 is 1.07 bits per heavy atom. The highest BCUT2D eigenvalue weighted by Gasteiger charge is 2.34. The number of piperazine rings is 1. The normalized spacial score (nSPS) is 20.1. The molecule has 8 heteroatoms. The molecule has 1 saturated heterocycles. The molecule has 0 radical (unpaired) electrons. The average Bonchev–Trinajstić information content (AvgIpc) is 2.73. The Balaban J connectivity index is 1.39. The molecule has 154 valence electrons. The number of hydrogen-bond donors (Lipinski definition) is 0. The zero-order valence-corrected chi connectivity index (χ0v) is 17.7. The van der Waals surface area contributed by atoms with E-state index in [0.29, 0.717) is 31.1 Å². The van der Waals surface area contributed by atoms with Gasteiger partial charge in [0.05, 0.1) is 10.8 Å². The Hall–Kier alpha value is -2.09. The molecular weight excluding hydrogens is 412 g/mol. The van der Waals surface area contributed by atoms with Crippen LogP contribution >= 0.6 is 11.6 Å². The number of aryl methyl sites for hydroxylation is 1. The molecule has 0 aliphatic carbocycles. The Kier molecular flexibility index (Phi) is 5.55. The highest BCUT2D eigenvalue weighted by Crippen LogP contribution is 2.31. The summed E-state index contributed by atoms with van der Waals surface area (Å²) in [6, 6.07) is 12.3. The molecule has 2 aliphatic heterocycles. The zero-order chi connectivity index (χ0) is 20.6. The van der Waals surface area contributed by atoms with Gasteiger partial charge < -0.3 is 9.64 Å². The summed E-state index contributed by atoms with van der Waals surface area (Å²) in [5, 5.41) is 0.621. The lowest BCUT2D eigenvalue weighted by molar-refractivity contribution is -0.138. The van der Waals surface area contributed by atoms with E-state index in [2.05, 4.69) is 0 Å². The maximum absolute atomic E-state index is 13.0. The quantitative estimate of drug-likeness (QED) is 0.745. The van der Waals surface area contributed by atoms with Crippen LogP contribution in [0.5, 0.6) is 5.75 Å². The largest absolute Gasteiger partial charge is 0.492 e. The van der Waals surface area contributed by atoms with Crippen LogP contribution in [0.25, 0.3) is 0 Å². The lowest BCUT2D eigenvalue weighted by Crippen LogP contribution is -2.52. The molecule has 2 heterocycles. The minimum absolute atomic E-state index is 0.00279. The van der Waals surface area contributed by atoms with Crippen LogP contribution < -0.4 is 4.74 Å². The molecule has 2 aromatic rings. The predicted octanol–water partition coefficient (Wildman–Crippen LogP) is 2.73. The van der Waals surface area contributed by atoms with Crippen LogP contribution in [0.3, 0.4) is 0 Å². The van der Waals surface area contributed by atoms with E-state index in [4.69, 9.17) is 16.3 Å². The summed E-state index contributed by atoms with van der Waals surface area (Å²) in [5.41, 5.74) is 1.94. The molecule has 0 unspecified atom stereocenters. The van der Waals surface area contributed by atoms with Crippen molar-refractivity contribution in [1.82, 2.24) is 9.21 Å². The Bertz CT molecular complexity index is 1020. The van der Waals surface area contributed by atoms with E-state index in [0.717, 1.165) is 16.9 Å². The minimum atomic E-state index is -3.54. The van der Waals surface area contributed by atoms with Crippen LogP contribution in [0.15, 0.2) is 47.4 Å². The van der Waals surface area contributed by atoms with Crippen molar-refractivity contribution < 1.29 is 17.9 Å². The van der Waals surface area contributed by atoms with Gasteiger partial charge in [0.2, 0.25) is 15.9 Å². The first-order chi connectivity index (χ1) is 13.8. The number of sulfonamides is 1. The molecule has 2 aromatic carbocycles. The van der Waals surface area contributed by atoms with E-state index in [9.17, 15) is 13.2 Å². The van der Waals surface area contributed by atoms with Gasteiger partial charge in [-0.15, -0.1) is 0 Å². The number of carbonyl (C=O) groups is 1. The minimum Gasteiger partial charge on any atom is -0.492 e. The molecule has 1 atom stereocenters. The van der Waals surface area contributed by atoms with E-state index in [1.54, 1.807) is 35.2 Å². The third kappa shape index (κ3) is 4.13. The summed E-state index contributed by atoms with van der Waals surface area (Å²) in [6.45, 7) is 3.58. The number of ether oxygens (including phenoxy) is 1. The molecule has 29 heavy (non-hydrogen) atoms. The SMILES string of the molecule is Cc1ccc(S(=O)(=O)N2CCN(C(=O)[C@@H]3COc4ccc(Cl)cc4C3)CC2)cc1. The Morgan fingerprint density at radius 2 is 1.76 bits per heavy atom. The summed E-state index contributed by atoms with van der Waals surface area (Å²) in [5.74, 6) is 0.497. The average molecular weight is 435 g/mol. The van der Waals surface area contributed by atoms with Gasteiger partial charge in [-0.25, -0.2) is 8.42 Å². The fourth-order valence-electron chi connectivity index (χ4n) is 3.79. The summed E-state index contributed by atoms with van der Waals surface area (Å²) in [7, 11) is -3.54. The predicted molar refractivity (Wildman–Crippen MR) is 111 cm³/mol. The number of fused-ring (bicyclic) bond motifs is 1. The first-order valence-electron chi connectivity index (χ1n) is 9.61. The Morgan fingerprint density at radius 3 is 2.45 bits per heavy atom. The van der Waals surface area contributed by atoms with Crippen molar-refractivity contribution in [3.63, 3.8) is 0 Å². The van der Waals surface area contributed by atoms with Crippen LogP contribution in [0.2, 0.25) is 5.02 Å². The van der Waals surface area contributed by atoms with E-state index in [1.165, 1.54) is 4.31 Å². The van der Waals surface area contributed by atoms with Gasteiger partial charge in [0.15, 0.2) is 0 Å². The topological polar surface area (TPSA) is 66.9 Å². The number of hydrogen-bond acceptors (Lipinski definition) is 4. The van der Waals surface area contributed by atoms with Crippen LogP contribution in [-0.2, 0) is 21.2 Å². The van der Waals surface area contributed by atoms with Gasteiger partial charge in [0.25, 0.3) is 0 Å². The highest BCUT2D eigenvalue weighted by molar-refractivity contribution is 7.89. The number of carbonyl (C=O) groups excluding carboxylic acids is 1. The zero-order valence-electron chi connectivity index (χ0n) is 16.2. The van der Waals surface area contributed by atoms with E-state index < -0.39 is 10.0 Å². The standard InChI is InChI=1S/C21H23ClN2O4S/c1-15-2-5-19(6-3-15)29(26,27)24-10-8-23(9-11-24)21(25)17-12-16-13-18(22)4-7-20(16)28-14-17/h2-7,13,17H,8-12,14H2,1H3/t17-/m0/s1. The van der Waals surface area contributed by atoms with Crippen LogP contribution in [0, 0.1) is 12.8 Å². The summed E-state index contributed by atoms with van der Waals surface area (Å²) < 4.78 is 32.9. The van der Waals surface area contributed by atoms with Crippen molar-refractivity contribution in [3.05, 3.63) is 58.6 Å². The van der Waals surface area contributed by atoms with Gasteiger partial charge in [-0.3, -0.25) is 4.79 Å². The first-order valence-corrected chi connectivity index (χ1v) is 11.4. The van der Waals surface area contributed by atoms with E-state index >= 15 is 0 Å². The van der Waals surface area contributed by atoms with Gasteiger partial charge in [-0.1, -0.05) is 29.3 Å². The van der Waals surface area contributed by atoms with E-state index in [1.807, 2.05) is 19.1 Å². The molecule has 0 saturated carbocycles.